The predicted molar refractivity (Wildman–Crippen MR) is 124 cm³/mol. The highest BCUT2D eigenvalue weighted by molar-refractivity contribution is 6.02. The first-order chi connectivity index (χ1) is 15.1. The van der Waals surface area contributed by atoms with Crippen LogP contribution in [0.5, 0.6) is 5.75 Å². The zero-order valence-electron chi connectivity index (χ0n) is 17.6. The Bertz CT molecular complexity index is 1100. The number of rotatable bonds is 6. The Labute approximate surface area is 181 Å². The predicted octanol–water partition coefficient (Wildman–Crippen LogP) is 4.38. The lowest BCUT2D eigenvalue weighted by molar-refractivity contribution is 0.0955. The molecule has 1 aliphatic rings. The van der Waals surface area contributed by atoms with Crippen LogP contribution in [0.25, 0.3) is 0 Å². The molecule has 3 aromatic carbocycles. The lowest BCUT2D eigenvalue weighted by Crippen LogP contribution is -2.17. The van der Waals surface area contributed by atoms with Gasteiger partial charge < -0.3 is 4.74 Å². The molecule has 0 bridgehead atoms. The molecule has 6 nitrogen and oxygen atoms in total. The van der Waals surface area contributed by atoms with Crippen LogP contribution in [0.3, 0.4) is 0 Å². The monoisotopic (exact) mass is 412 g/mol. The van der Waals surface area contributed by atoms with Crippen LogP contribution in [-0.4, -0.2) is 31.5 Å². The van der Waals surface area contributed by atoms with Crippen LogP contribution in [-0.2, 0) is 0 Å². The van der Waals surface area contributed by atoms with Crippen LogP contribution in [0.1, 0.15) is 33.5 Å². The van der Waals surface area contributed by atoms with E-state index in [-0.39, 0.29) is 5.91 Å². The third-order valence-electron chi connectivity index (χ3n) is 5.11. The molecule has 0 unspecified atom stereocenters. The van der Waals surface area contributed by atoms with Gasteiger partial charge in [0.1, 0.15) is 5.75 Å². The molecule has 1 N–H and O–H groups in total. The van der Waals surface area contributed by atoms with Crippen molar-refractivity contribution >= 4 is 23.5 Å². The van der Waals surface area contributed by atoms with Gasteiger partial charge in [-0.1, -0.05) is 42.0 Å². The van der Waals surface area contributed by atoms with E-state index in [4.69, 9.17) is 9.84 Å². The summed E-state index contributed by atoms with van der Waals surface area (Å²) in [5.74, 6) is 0.430. The first kappa shape index (κ1) is 20.3. The molecule has 0 aromatic heterocycles. The van der Waals surface area contributed by atoms with Crippen LogP contribution < -0.4 is 15.2 Å². The highest BCUT2D eigenvalue weighted by Crippen LogP contribution is 2.22. The standard InChI is InChI=1S/C25H24N4O2/c1-18-3-7-20(8-4-18)24-15-16-29(28-24)22-11-5-19(6-12-22)17-26-27-25(30)21-9-13-23(31-2)14-10-21/h3-14,17H,15-16H2,1-2H3,(H,27,30)/b26-17-. The van der Waals surface area contributed by atoms with E-state index in [0.717, 1.165) is 29.9 Å². The number of ether oxygens (including phenoxy) is 1. The van der Waals surface area contributed by atoms with E-state index < -0.39 is 0 Å². The molecule has 156 valence electrons. The fourth-order valence-electron chi connectivity index (χ4n) is 3.30. The number of hydrazone groups is 2. The maximum atomic E-state index is 12.1. The molecule has 0 fully saturated rings. The van der Waals surface area contributed by atoms with Gasteiger partial charge in [-0.25, -0.2) is 5.43 Å². The van der Waals surface area contributed by atoms with Crippen molar-refractivity contribution in [2.45, 2.75) is 13.3 Å². The van der Waals surface area contributed by atoms with Crippen molar-refractivity contribution in [1.82, 2.24) is 5.43 Å². The second kappa shape index (κ2) is 9.26. The SMILES string of the molecule is COc1ccc(C(=O)N/N=C\c2ccc(N3CCC(c4ccc(C)cc4)=N3)cc2)cc1. The Morgan fingerprint density at radius 1 is 1.03 bits per heavy atom. The van der Waals surface area contributed by atoms with Crippen molar-refractivity contribution in [3.05, 3.63) is 95.1 Å². The van der Waals surface area contributed by atoms with Crippen molar-refractivity contribution in [1.29, 1.82) is 0 Å². The van der Waals surface area contributed by atoms with Crippen LogP contribution in [0.15, 0.2) is 83.0 Å². The fraction of sp³-hybridized carbons (Fsp3) is 0.160. The van der Waals surface area contributed by atoms with E-state index in [1.165, 1.54) is 11.1 Å². The first-order valence-electron chi connectivity index (χ1n) is 10.1. The van der Waals surface area contributed by atoms with Gasteiger partial charge in [0.05, 0.1) is 24.7 Å². The minimum Gasteiger partial charge on any atom is -0.497 e. The first-order valence-corrected chi connectivity index (χ1v) is 10.1. The number of methoxy groups -OCH3 is 1. The molecule has 0 saturated heterocycles. The highest BCUT2D eigenvalue weighted by atomic mass is 16.5. The van der Waals surface area contributed by atoms with Crippen LogP contribution in [0, 0.1) is 6.92 Å². The molecule has 31 heavy (non-hydrogen) atoms. The van der Waals surface area contributed by atoms with Gasteiger partial charge in [-0.3, -0.25) is 9.80 Å². The van der Waals surface area contributed by atoms with Gasteiger partial charge >= 0.3 is 0 Å². The summed E-state index contributed by atoms with van der Waals surface area (Å²) in [6.45, 7) is 2.94. The smallest absolute Gasteiger partial charge is 0.271 e. The molecule has 0 spiro atoms. The van der Waals surface area contributed by atoms with Gasteiger partial charge in [-0.2, -0.15) is 10.2 Å². The summed E-state index contributed by atoms with van der Waals surface area (Å²) >= 11 is 0. The van der Waals surface area contributed by atoms with E-state index in [2.05, 4.69) is 41.7 Å². The molecule has 3 aromatic rings. The van der Waals surface area contributed by atoms with Gasteiger partial charge in [-0.05, 0) is 54.4 Å². The summed E-state index contributed by atoms with van der Waals surface area (Å²) in [6, 6.07) is 23.3. The lowest BCUT2D eigenvalue weighted by Gasteiger charge is -2.13. The summed E-state index contributed by atoms with van der Waals surface area (Å²) in [5, 5.41) is 10.8. The zero-order valence-corrected chi connectivity index (χ0v) is 17.6. The van der Waals surface area contributed by atoms with Crippen molar-refractivity contribution in [2.75, 3.05) is 18.7 Å². The molecule has 1 amide bonds. The number of nitrogens with one attached hydrogen (secondary N) is 1. The average molecular weight is 412 g/mol. The Morgan fingerprint density at radius 3 is 2.42 bits per heavy atom. The molecular weight excluding hydrogens is 388 g/mol. The molecule has 0 radical (unpaired) electrons. The van der Waals surface area contributed by atoms with E-state index in [1.807, 2.05) is 29.3 Å². The van der Waals surface area contributed by atoms with E-state index >= 15 is 0 Å². The van der Waals surface area contributed by atoms with Crippen molar-refractivity contribution in [3.8, 4) is 5.75 Å². The van der Waals surface area contributed by atoms with Crippen LogP contribution in [0.4, 0.5) is 5.69 Å². The van der Waals surface area contributed by atoms with E-state index in [9.17, 15) is 4.79 Å². The number of hydrogen-bond acceptors (Lipinski definition) is 5. The molecule has 6 heteroatoms. The number of nitrogens with zero attached hydrogens (tertiary/aromatic N) is 3. The summed E-state index contributed by atoms with van der Waals surface area (Å²) in [5.41, 5.74) is 8.50. The Balaban J connectivity index is 1.35. The van der Waals surface area contributed by atoms with Crippen LogP contribution >= 0.6 is 0 Å². The molecule has 0 saturated carbocycles. The zero-order chi connectivity index (χ0) is 21.6. The average Bonchev–Trinajstić information content (AvgIpc) is 3.30. The van der Waals surface area contributed by atoms with Gasteiger partial charge in [0.25, 0.3) is 5.91 Å². The topological polar surface area (TPSA) is 66.3 Å². The number of anilines is 1. The Hall–Kier alpha value is -3.93. The van der Waals surface area contributed by atoms with Crippen molar-refractivity contribution in [2.24, 2.45) is 10.2 Å². The quantitative estimate of drug-likeness (QED) is 0.483. The van der Waals surface area contributed by atoms with Crippen LogP contribution in [0.2, 0.25) is 0 Å². The van der Waals surface area contributed by atoms with E-state index in [1.54, 1.807) is 37.6 Å². The molecule has 0 atom stereocenters. The number of aryl methyl sites for hydroxylation is 1. The number of carbonyl (C=O) groups excluding carboxylic acids is 1. The van der Waals surface area contributed by atoms with Gasteiger partial charge in [-0.15, -0.1) is 0 Å². The molecule has 4 rings (SSSR count). The highest BCUT2D eigenvalue weighted by Gasteiger charge is 2.17. The molecule has 1 aliphatic heterocycles. The third kappa shape index (κ3) is 4.98. The summed E-state index contributed by atoms with van der Waals surface area (Å²) in [6.07, 6.45) is 2.54. The normalized spacial score (nSPS) is 13.4. The minimum atomic E-state index is -0.273. The second-order valence-corrected chi connectivity index (χ2v) is 7.31. The van der Waals surface area contributed by atoms with Crippen molar-refractivity contribution in [3.63, 3.8) is 0 Å². The van der Waals surface area contributed by atoms with Gasteiger partial charge in [0.2, 0.25) is 0 Å². The van der Waals surface area contributed by atoms with Gasteiger partial charge in [0, 0.05) is 18.5 Å². The summed E-state index contributed by atoms with van der Waals surface area (Å²) in [7, 11) is 1.59. The second-order valence-electron chi connectivity index (χ2n) is 7.31. The molecule has 0 aliphatic carbocycles. The van der Waals surface area contributed by atoms with E-state index in [0.29, 0.717) is 11.3 Å². The third-order valence-corrected chi connectivity index (χ3v) is 5.11. The summed E-state index contributed by atoms with van der Waals surface area (Å²) < 4.78 is 5.09. The molecular formula is C25H24N4O2. The number of hydrogen-bond donors (Lipinski definition) is 1. The number of benzene rings is 3. The van der Waals surface area contributed by atoms with Crippen molar-refractivity contribution < 1.29 is 9.53 Å². The fourth-order valence-corrected chi connectivity index (χ4v) is 3.30. The maximum Gasteiger partial charge on any atom is 0.271 e. The maximum absolute atomic E-state index is 12.1. The number of amides is 1. The Kier molecular flexibility index (Phi) is 6.08. The largest absolute Gasteiger partial charge is 0.497 e. The number of carbonyl (C=O) groups is 1. The Morgan fingerprint density at radius 2 is 1.74 bits per heavy atom. The summed E-state index contributed by atoms with van der Waals surface area (Å²) in [4.78, 5) is 12.1. The lowest BCUT2D eigenvalue weighted by atomic mass is 10.1. The molecule has 1 heterocycles. The minimum absolute atomic E-state index is 0.273. The van der Waals surface area contributed by atoms with Gasteiger partial charge in [0.15, 0.2) is 0 Å².